The van der Waals surface area contributed by atoms with Crippen LogP contribution in [0.25, 0.3) is 0 Å². The third kappa shape index (κ3) is 8.45. The number of methoxy groups -OCH3 is 1. The number of epoxide rings is 1. The number of esters is 2. The second-order valence-corrected chi connectivity index (χ2v) is 16.5. The average molecular weight is 792 g/mol. The van der Waals surface area contributed by atoms with Gasteiger partial charge in [-0.1, -0.05) is 54.5 Å². The van der Waals surface area contributed by atoms with Gasteiger partial charge in [-0.05, 0) is 87.5 Å². The number of fused-ring (bicyclic) bond motifs is 6. The van der Waals surface area contributed by atoms with E-state index >= 15 is 0 Å². The molecule has 2 saturated heterocycles. The predicted molar refractivity (Wildman–Crippen MR) is 211 cm³/mol. The van der Waals surface area contributed by atoms with E-state index in [1.807, 2.05) is 57.2 Å². The molecule has 2 amide bonds. The van der Waals surface area contributed by atoms with Crippen molar-refractivity contribution >= 4 is 41.0 Å². The Morgan fingerprint density at radius 1 is 1.16 bits per heavy atom. The van der Waals surface area contributed by atoms with Gasteiger partial charge in [0.2, 0.25) is 5.91 Å². The third-order valence-electron chi connectivity index (χ3n) is 12.0. The molecule has 4 heterocycles. The zero-order valence-electron chi connectivity index (χ0n) is 33.5. The number of aryl methyl sites for hydroxylation is 1. The second-order valence-electron chi connectivity index (χ2n) is 16.2. The summed E-state index contributed by atoms with van der Waals surface area (Å²) in [6.07, 6.45) is 3.03. The lowest BCUT2D eigenvalue weighted by molar-refractivity contribution is -0.187. The predicted octanol–water partition coefficient (Wildman–Crippen LogP) is 5.02. The largest absolute Gasteiger partial charge is 0.462 e. The SMILES string of the molecule is CO[C@@H]1/C=C/C=C(\C)Cc2cc(C)c(Cl)c(c2)N(C)C(=O)C[C@H](OC(=O)[C@H](C)N(C)C(=O)c2ccc3c(c2)CCNC3)[C@]2(C)O[C@H]2[C@H](C)[C@@H]2C[C@@]1(O)CC(=O)O2. The first-order valence-corrected chi connectivity index (χ1v) is 19.7. The summed E-state index contributed by atoms with van der Waals surface area (Å²) in [4.78, 5) is 57.7. The summed E-state index contributed by atoms with van der Waals surface area (Å²) in [5, 5.41) is 15.6. The number of carbonyl (C=O) groups is 4. The minimum Gasteiger partial charge on any atom is -0.462 e. The fourth-order valence-electron chi connectivity index (χ4n) is 8.28. The summed E-state index contributed by atoms with van der Waals surface area (Å²) in [5.74, 6) is -2.48. The molecule has 0 radical (unpaired) electrons. The molecule has 6 rings (SSSR count). The molecule has 2 fully saturated rings. The summed E-state index contributed by atoms with van der Waals surface area (Å²) in [5.41, 5.74) is 3.16. The van der Waals surface area contributed by atoms with Crippen LogP contribution in [0.2, 0.25) is 5.02 Å². The van der Waals surface area contributed by atoms with Crippen LogP contribution in [0, 0.1) is 12.8 Å². The van der Waals surface area contributed by atoms with Crippen molar-refractivity contribution in [2.45, 2.75) is 115 Å². The number of allylic oxidation sites excluding steroid dienone is 3. The molecular formula is C43H54ClN3O9. The monoisotopic (exact) mass is 791 g/mol. The van der Waals surface area contributed by atoms with E-state index in [0.29, 0.717) is 22.7 Å². The van der Waals surface area contributed by atoms with Gasteiger partial charge >= 0.3 is 11.9 Å². The van der Waals surface area contributed by atoms with Crippen LogP contribution < -0.4 is 10.2 Å². The van der Waals surface area contributed by atoms with Crippen LogP contribution in [0.5, 0.6) is 0 Å². The summed E-state index contributed by atoms with van der Waals surface area (Å²) >= 11 is 6.81. The number of halogens is 1. The molecule has 56 heavy (non-hydrogen) atoms. The van der Waals surface area contributed by atoms with Crippen LogP contribution in [0.1, 0.15) is 79.6 Å². The van der Waals surface area contributed by atoms with E-state index in [9.17, 15) is 24.3 Å². The quantitative estimate of drug-likeness (QED) is 0.313. The van der Waals surface area contributed by atoms with E-state index in [1.54, 1.807) is 40.1 Å². The molecule has 302 valence electrons. The number of nitrogens with one attached hydrogen (secondary N) is 1. The van der Waals surface area contributed by atoms with Gasteiger partial charge in [0.05, 0.1) is 29.7 Å². The number of anilines is 1. The summed E-state index contributed by atoms with van der Waals surface area (Å²) in [6, 6.07) is 8.40. The van der Waals surface area contributed by atoms with Gasteiger partial charge in [0, 0.05) is 45.7 Å². The van der Waals surface area contributed by atoms with Crippen molar-refractivity contribution in [2.24, 2.45) is 5.92 Å². The van der Waals surface area contributed by atoms with Crippen molar-refractivity contribution in [1.82, 2.24) is 10.2 Å². The second kappa shape index (κ2) is 16.4. The molecule has 0 spiro atoms. The Hall–Kier alpha value is -4.07. The first-order valence-electron chi connectivity index (χ1n) is 19.3. The van der Waals surface area contributed by atoms with Crippen molar-refractivity contribution in [2.75, 3.05) is 32.6 Å². The van der Waals surface area contributed by atoms with E-state index in [0.717, 1.165) is 47.3 Å². The zero-order valence-corrected chi connectivity index (χ0v) is 34.3. The third-order valence-corrected chi connectivity index (χ3v) is 12.5. The van der Waals surface area contributed by atoms with E-state index in [4.69, 9.17) is 30.5 Å². The molecule has 13 heteroatoms. The molecule has 0 aromatic heterocycles. The molecule has 2 aromatic carbocycles. The van der Waals surface area contributed by atoms with E-state index in [1.165, 1.54) is 16.9 Å². The van der Waals surface area contributed by atoms with Crippen LogP contribution in [-0.4, -0.2) is 103 Å². The standard InChI is InChI=1S/C43H54ClN3O9/c1-24-10-9-11-34(53-8)43(52)21-33(54-37(49)22-43)26(3)39-42(5,56-39)35(20-36(48)47(7)32-18-28(16-24)17-25(2)38(32)44)55-41(51)27(4)46(6)40(50)30-12-13-31-23-45-15-14-29(31)19-30/h9-13,17-19,26-27,33-35,39,45,52H,14-16,20-23H2,1-8H3/b11-9+,24-10+/t26-,27+,33+,34-,35+,39+,42+,43-/m1/s1. The average Bonchev–Trinajstić information content (AvgIpc) is 3.87. The lowest BCUT2D eigenvalue weighted by Gasteiger charge is -2.41. The van der Waals surface area contributed by atoms with Crippen LogP contribution in [0.4, 0.5) is 5.69 Å². The van der Waals surface area contributed by atoms with Gasteiger partial charge in [-0.2, -0.15) is 0 Å². The Kier molecular flexibility index (Phi) is 12.2. The van der Waals surface area contributed by atoms with Crippen LogP contribution in [0.3, 0.4) is 0 Å². The van der Waals surface area contributed by atoms with Gasteiger partial charge < -0.3 is 39.2 Å². The van der Waals surface area contributed by atoms with Crippen LogP contribution >= 0.6 is 11.6 Å². The number of carbonyl (C=O) groups excluding carboxylic acids is 4. The lowest BCUT2D eigenvalue weighted by atomic mass is 9.78. The normalized spacial score (nSPS) is 31.5. The maximum absolute atomic E-state index is 14.2. The van der Waals surface area contributed by atoms with Crippen molar-refractivity contribution < 1.29 is 43.2 Å². The number of ether oxygens (including phenoxy) is 4. The highest BCUT2D eigenvalue weighted by atomic mass is 35.5. The highest BCUT2D eigenvalue weighted by Gasteiger charge is 2.64. The van der Waals surface area contributed by atoms with Gasteiger partial charge in [-0.15, -0.1) is 0 Å². The van der Waals surface area contributed by atoms with Crippen molar-refractivity contribution in [3.05, 3.63) is 87.0 Å². The molecule has 2 aromatic rings. The molecular weight excluding hydrogens is 738 g/mol. The Bertz CT molecular complexity index is 1950. The topological polar surface area (TPSA) is 147 Å². The fourth-order valence-corrected chi connectivity index (χ4v) is 8.52. The number of aliphatic hydroxyl groups is 1. The minimum atomic E-state index is -1.57. The van der Waals surface area contributed by atoms with Gasteiger partial charge in [0.25, 0.3) is 5.91 Å². The highest BCUT2D eigenvalue weighted by Crippen LogP contribution is 2.49. The molecule has 4 bridgehead atoms. The van der Waals surface area contributed by atoms with Crippen LogP contribution in [-0.2, 0) is 52.7 Å². The number of hydrogen-bond acceptors (Lipinski definition) is 10. The number of amides is 2. The Morgan fingerprint density at radius 2 is 1.91 bits per heavy atom. The maximum atomic E-state index is 14.2. The number of rotatable bonds is 5. The van der Waals surface area contributed by atoms with Gasteiger partial charge in [0.15, 0.2) is 0 Å². The van der Waals surface area contributed by atoms with Crippen molar-refractivity contribution in [3.63, 3.8) is 0 Å². The number of hydrogen-bond donors (Lipinski definition) is 2. The Balaban J connectivity index is 1.32. The van der Waals surface area contributed by atoms with E-state index in [-0.39, 0.29) is 31.1 Å². The van der Waals surface area contributed by atoms with Gasteiger partial charge in [-0.3, -0.25) is 14.4 Å². The summed E-state index contributed by atoms with van der Waals surface area (Å²) < 4.78 is 24.1. The van der Waals surface area contributed by atoms with E-state index < -0.39 is 59.5 Å². The number of nitrogens with zero attached hydrogens (tertiary/aromatic N) is 2. The number of benzene rings is 2. The maximum Gasteiger partial charge on any atom is 0.328 e. The summed E-state index contributed by atoms with van der Waals surface area (Å²) in [7, 11) is 4.67. The van der Waals surface area contributed by atoms with Gasteiger partial charge in [0.1, 0.15) is 35.6 Å². The Morgan fingerprint density at radius 3 is 2.64 bits per heavy atom. The summed E-state index contributed by atoms with van der Waals surface area (Å²) in [6.45, 7) is 10.6. The molecule has 0 unspecified atom stereocenters. The molecule has 12 nitrogen and oxygen atoms in total. The first kappa shape index (κ1) is 41.6. The first-order chi connectivity index (χ1) is 26.4. The molecule has 4 aliphatic rings. The van der Waals surface area contributed by atoms with Crippen molar-refractivity contribution in [3.8, 4) is 0 Å². The fraction of sp³-hybridized carbons (Fsp3) is 0.535. The molecule has 0 aliphatic carbocycles. The highest BCUT2D eigenvalue weighted by molar-refractivity contribution is 6.34. The minimum absolute atomic E-state index is 0.0697. The Labute approximate surface area is 334 Å². The van der Waals surface area contributed by atoms with Crippen molar-refractivity contribution in [1.29, 1.82) is 0 Å². The zero-order chi connectivity index (χ0) is 40.7. The molecule has 2 N–H and O–H groups in total. The number of likely N-dealkylation sites (N-methyl/N-ethyl adjacent to an activating group) is 1. The molecule has 8 atom stereocenters. The smallest absolute Gasteiger partial charge is 0.328 e. The van der Waals surface area contributed by atoms with Gasteiger partial charge in [-0.25, -0.2) is 4.79 Å². The lowest BCUT2D eigenvalue weighted by Crippen LogP contribution is -2.53. The molecule has 0 saturated carbocycles. The molecule has 4 aliphatic heterocycles. The van der Waals surface area contributed by atoms with Crippen LogP contribution in [0.15, 0.2) is 54.1 Å². The van der Waals surface area contributed by atoms with E-state index in [2.05, 4.69) is 5.32 Å².